The summed E-state index contributed by atoms with van der Waals surface area (Å²) in [5.41, 5.74) is 0.278. The molecule has 0 aromatic heterocycles. The van der Waals surface area contributed by atoms with Crippen molar-refractivity contribution in [2.75, 3.05) is 13.2 Å². The lowest BCUT2D eigenvalue weighted by Crippen LogP contribution is -2.50. The van der Waals surface area contributed by atoms with Gasteiger partial charge in [0.2, 0.25) is 11.8 Å². The molecule has 0 unspecified atom stereocenters. The van der Waals surface area contributed by atoms with Crippen LogP contribution in [0.3, 0.4) is 0 Å². The maximum absolute atomic E-state index is 13.1. The standard InChI is InChI=1S/C24H32N2O5/c27-17-24(13-7-8-14-24)26-21(28)15-19-11-5-2-6-12-22(29)31-16-20(25-23(19)30)18-9-3-1-4-10-18/h1-5,9-10,19-20,27H,6-8,11-17H2,(H,25,30)(H,26,28)/t19-,20+/m1/s1. The number of nitrogens with one attached hydrogen (secondary N) is 2. The molecule has 1 aromatic carbocycles. The number of hydrogen-bond donors (Lipinski definition) is 3. The summed E-state index contributed by atoms with van der Waals surface area (Å²) < 4.78 is 5.37. The van der Waals surface area contributed by atoms with Crippen LogP contribution in [0.1, 0.15) is 63.0 Å². The van der Waals surface area contributed by atoms with E-state index in [2.05, 4.69) is 10.6 Å². The van der Waals surface area contributed by atoms with E-state index in [4.69, 9.17) is 4.74 Å². The average molecular weight is 429 g/mol. The number of allylic oxidation sites excluding steroid dienone is 2. The minimum Gasteiger partial charge on any atom is -0.463 e. The predicted molar refractivity (Wildman–Crippen MR) is 116 cm³/mol. The first-order valence-corrected chi connectivity index (χ1v) is 11.1. The van der Waals surface area contributed by atoms with Gasteiger partial charge in [-0.1, -0.05) is 55.3 Å². The molecule has 3 N–H and O–H groups in total. The van der Waals surface area contributed by atoms with E-state index >= 15 is 0 Å². The fourth-order valence-electron chi connectivity index (χ4n) is 4.25. The monoisotopic (exact) mass is 428 g/mol. The number of hydrogen-bond acceptors (Lipinski definition) is 5. The number of aliphatic hydroxyl groups excluding tert-OH is 1. The molecule has 0 radical (unpaired) electrons. The van der Waals surface area contributed by atoms with E-state index in [0.717, 1.165) is 31.2 Å². The first-order valence-electron chi connectivity index (χ1n) is 11.1. The predicted octanol–water partition coefficient (Wildman–Crippen LogP) is 2.55. The van der Waals surface area contributed by atoms with Gasteiger partial charge in [-0.3, -0.25) is 14.4 Å². The lowest BCUT2D eigenvalue weighted by atomic mass is 9.95. The molecule has 31 heavy (non-hydrogen) atoms. The second-order valence-electron chi connectivity index (χ2n) is 8.50. The van der Waals surface area contributed by atoms with E-state index in [9.17, 15) is 19.5 Å². The first kappa shape index (κ1) is 23.0. The summed E-state index contributed by atoms with van der Waals surface area (Å²) in [5.74, 6) is -1.33. The molecule has 2 aliphatic rings. The highest BCUT2D eigenvalue weighted by Crippen LogP contribution is 2.29. The van der Waals surface area contributed by atoms with Gasteiger partial charge in [-0.05, 0) is 31.2 Å². The maximum Gasteiger partial charge on any atom is 0.306 e. The number of cyclic esters (lactones) is 1. The number of carbonyl (C=O) groups excluding carboxylic acids is 3. The molecule has 1 aliphatic heterocycles. The van der Waals surface area contributed by atoms with Crippen molar-refractivity contribution in [2.45, 2.75) is 62.9 Å². The molecule has 3 rings (SSSR count). The molecule has 7 heteroatoms. The van der Waals surface area contributed by atoms with Crippen molar-refractivity contribution in [1.29, 1.82) is 0 Å². The summed E-state index contributed by atoms with van der Waals surface area (Å²) in [7, 11) is 0. The van der Waals surface area contributed by atoms with Gasteiger partial charge in [0.05, 0.1) is 24.1 Å². The maximum atomic E-state index is 13.1. The van der Waals surface area contributed by atoms with Crippen LogP contribution in [0.15, 0.2) is 42.5 Å². The van der Waals surface area contributed by atoms with E-state index in [-0.39, 0.29) is 43.8 Å². The summed E-state index contributed by atoms with van der Waals surface area (Å²) in [6, 6.07) is 8.87. The molecule has 1 aromatic rings. The molecule has 0 spiro atoms. The van der Waals surface area contributed by atoms with Crippen molar-refractivity contribution >= 4 is 17.8 Å². The van der Waals surface area contributed by atoms with Crippen LogP contribution in [0.5, 0.6) is 0 Å². The van der Waals surface area contributed by atoms with Crippen LogP contribution in [-0.4, -0.2) is 41.6 Å². The zero-order chi connectivity index (χ0) is 22.1. The van der Waals surface area contributed by atoms with Gasteiger partial charge in [-0.15, -0.1) is 0 Å². The summed E-state index contributed by atoms with van der Waals surface area (Å²) in [6.45, 7) is -0.0399. The zero-order valence-electron chi connectivity index (χ0n) is 17.8. The van der Waals surface area contributed by atoms with Crippen LogP contribution in [-0.2, 0) is 19.1 Å². The van der Waals surface area contributed by atoms with Crippen LogP contribution in [0.2, 0.25) is 0 Å². The summed E-state index contributed by atoms with van der Waals surface area (Å²) >= 11 is 0. The van der Waals surface area contributed by atoms with Gasteiger partial charge >= 0.3 is 5.97 Å². The van der Waals surface area contributed by atoms with Gasteiger partial charge in [0, 0.05) is 12.8 Å². The molecule has 1 saturated carbocycles. The SMILES string of the molecule is O=C(C[C@H]1CC=CCCC(=O)OC[C@@H](c2ccccc2)NC1=O)NC1(CO)CCCC1. The smallest absolute Gasteiger partial charge is 0.306 e. The van der Waals surface area contributed by atoms with Crippen LogP contribution in [0.4, 0.5) is 0 Å². The quantitative estimate of drug-likeness (QED) is 0.494. The Morgan fingerprint density at radius 2 is 1.90 bits per heavy atom. The number of aliphatic hydroxyl groups is 1. The van der Waals surface area contributed by atoms with Crippen molar-refractivity contribution in [3.63, 3.8) is 0 Å². The number of carbonyl (C=O) groups is 3. The fourth-order valence-corrected chi connectivity index (χ4v) is 4.25. The highest BCUT2D eigenvalue weighted by molar-refractivity contribution is 5.86. The Kier molecular flexibility index (Phi) is 8.23. The Morgan fingerprint density at radius 1 is 1.16 bits per heavy atom. The van der Waals surface area contributed by atoms with Crippen LogP contribution < -0.4 is 10.6 Å². The Labute approximate surface area is 183 Å². The van der Waals surface area contributed by atoms with E-state index in [1.54, 1.807) is 0 Å². The molecule has 168 valence electrons. The van der Waals surface area contributed by atoms with Crippen molar-refractivity contribution in [3.05, 3.63) is 48.0 Å². The third-order valence-corrected chi connectivity index (χ3v) is 6.10. The van der Waals surface area contributed by atoms with E-state index in [0.29, 0.717) is 12.8 Å². The molecule has 2 amide bonds. The summed E-state index contributed by atoms with van der Waals surface area (Å²) in [4.78, 5) is 37.8. The van der Waals surface area contributed by atoms with Gasteiger partial charge in [-0.25, -0.2) is 0 Å². The van der Waals surface area contributed by atoms with Gasteiger partial charge < -0.3 is 20.5 Å². The topological polar surface area (TPSA) is 105 Å². The molecule has 1 heterocycles. The Morgan fingerprint density at radius 3 is 2.61 bits per heavy atom. The van der Waals surface area contributed by atoms with Crippen molar-refractivity contribution in [2.24, 2.45) is 5.92 Å². The summed E-state index contributed by atoms with van der Waals surface area (Å²) in [6.07, 6.45) is 8.42. The fraction of sp³-hybridized carbons (Fsp3) is 0.542. The number of amides is 2. The van der Waals surface area contributed by atoms with Crippen LogP contribution in [0.25, 0.3) is 0 Å². The number of ether oxygens (including phenoxy) is 1. The molecule has 2 atom stereocenters. The third-order valence-electron chi connectivity index (χ3n) is 6.10. The van der Waals surface area contributed by atoms with Crippen LogP contribution in [0, 0.1) is 5.92 Å². The zero-order valence-corrected chi connectivity index (χ0v) is 17.8. The Hall–Kier alpha value is -2.67. The van der Waals surface area contributed by atoms with Crippen LogP contribution >= 0.6 is 0 Å². The second kappa shape index (κ2) is 11.1. The van der Waals surface area contributed by atoms with Gasteiger partial charge in [0.1, 0.15) is 6.61 Å². The second-order valence-corrected chi connectivity index (χ2v) is 8.50. The van der Waals surface area contributed by atoms with Gasteiger partial charge in [-0.2, -0.15) is 0 Å². The molecular weight excluding hydrogens is 396 g/mol. The highest BCUT2D eigenvalue weighted by Gasteiger charge is 2.35. The molecule has 7 nitrogen and oxygen atoms in total. The van der Waals surface area contributed by atoms with Gasteiger partial charge in [0.15, 0.2) is 0 Å². The number of rotatable bonds is 5. The molecule has 0 saturated heterocycles. The van der Waals surface area contributed by atoms with E-state index < -0.39 is 17.5 Å². The third kappa shape index (κ3) is 6.66. The Balaban J connectivity index is 1.72. The minimum absolute atomic E-state index is 0.0409. The number of esters is 1. The molecule has 0 bridgehead atoms. The first-order chi connectivity index (χ1) is 15.0. The normalized spacial score (nSPS) is 24.4. The molecular formula is C24H32N2O5. The van der Waals surface area contributed by atoms with Gasteiger partial charge in [0.25, 0.3) is 0 Å². The average Bonchev–Trinajstić information content (AvgIpc) is 3.24. The molecule has 1 fully saturated rings. The van der Waals surface area contributed by atoms with E-state index in [1.165, 1.54) is 0 Å². The van der Waals surface area contributed by atoms with Crippen molar-refractivity contribution in [1.82, 2.24) is 10.6 Å². The van der Waals surface area contributed by atoms with Crippen molar-refractivity contribution < 1.29 is 24.2 Å². The number of benzene rings is 1. The Bertz CT molecular complexity index is 786. The summed E-state index contributed by atoms with van der Waals surface area (Å²) in [5, 5.41) is 15.7. The minimum atomic E-state index is -0.560. The lowest BCUT2D eigenvalue weighted by Gasteiger charge is -2.29. The van der Waals surface area contributed by atoms with Crippen molar-refractivity contribution in [3.8, 4) is 0 Å². The lowest BCUT2D eigenvalue weighted by molar-refractivity contribution is -0.145. The largest absolute Gasteiger partial charge is 0.463 e. The highest BCUT2D eigenvalue weighted by atomic mass is 16.5. The molecule has 1 aliphatic carbocycles. The van der Waals surface area contributed by atoms with E-state index in [1.807, 2.05) is 42.5 Å².